The van der Waals surface area contributed by atoms with Crippen molar-refractivity contribution >= 4 is 134 Å². The summed E-state index contributed by atoms with van der Waals surface area (Å²) in [6, 6.07) is 47.7. The number of fused-ring (bicyclic) bond motifs is 3. The number of nitrogens with zero attached hydrogens (tertiary/aromatic N) is 6. The molecule has 0 fully saturated rings. The molecule has 0 radical (unpaired) electrons. The number of amides is 8. The quantitative estimate of drug-likeness (QED) is 0.00655. The molecule has 11 aromatic rings. The summed E-state index contributed by atoms with van der Waals surface area (Å²) in [7, 11) is 5.85. The molecule has 0 saturated carbocycles. The van der Waals surface area contributed by atoms with E-state index >= 15 is 0 Å². The Hall–Kier alpha value is -13.1. The van der Waals surface area contributed by atoms with Crippen molar-refractivity contribution in [2.45, 2.75) is 194 Å². The second-order valence-corrected chi connectivity index (χ2v) is 28.7. The standard InChI is InChI=1S/C21H21N4O5.C20H20N5O4.C17H15N4O3.C8H9N2O.C7H10N2.3C5H11NO2.5C2H6.4W/c1-28-18-10-17-15(9-19(18)30-8-7-20(27)29-2)21(24-12-23-17)25-16-6-4-3-5-14(16)11-22-13-26;1-28-17-9-16-14(8-18(17)29-7-6-19(21)27)20(24-11-23-16)25-15-5-3-2-4-13(15)10-22-12-26;1-24-16-7-14-12(6-15(16)23)17(20-9-19-14)21-13-5-3-2-4-11(13)8-18-10-22;9-8-4-2-1-3-7(8)5-10-6-11;8-5-6-3-1-2-4-7(6)9;3*1-5(2,3)8-4(6)7;5*1-2;;;;/h3-6,9-10,12H,7-8,11H2,1-2H3,(H,22,26)(H,23,24,25);2-5,8-9,11H,6-7,10H2,1H3,(H4,21,22,23,24,25,26,27);2-7,9,23H,8H2,1H3,(H,18,22)(H,19,20,21);1-4H,5,9H2,(H,10,11);1-4H,5,8-9H2;3*1-3H3,(H2,6,7);5*1-2H3;;;;/q4*-1;;;;;;;;;;4*+2/p-4. The topological polar surface area (TPSA) is 592 Å². The Labute approximate surface area is 884 Å². The molecule has 0 aliphatic carbocycles. The zero-order valence-corrected chi connectivity index (χ0v) is 95.7. The van der Waals surface area contributed by atoms with E-state index in [1.165, 1.54) is 47.4 Å². The Morgan fingerprint density at radius 2 is 0.638 bits per heavy atom. The van der Waals surface area contributed by atoms with Crippen molar-refractivity contribution in [1.82, 2.24) is 51.2 Å². The molecule has 0 aliphatic heterocycles. The summed E-state index contributed by atoms with van der Waals surface area (Å²) in [4.78, 5) is 119. The van der Waals surface area contributed by atoms with E-state index in [0.29, 0.717) is 117 Å². The van der Waals surface area contributed by atoms with Crippen LogP contribution in [0.25, 0.3) is 55.6 Å². The van der Waals surface area contributed by atoms with Crippen LogP contribution in [0.1, 0.15) is 172 Å². The predicted molar refractivity (Wildman–Crippen MR) is 539 cm³/mol. The molecule has 0 saturated heterocycles. The Morgan fingerprint density at radius 1 is 0.369 bits per heavy atom. The third-order valence-corrected chi connectivity index (χ3v) is 15.9. The van der Waals surface area contributed by atoms with Gasteiger partial charge in [-0.1, -0.05) is 160 Å². The first kappa shape index (κ1) is 139. The number of phenols is 1. The van der Waals surface area contributed by atoms with Gasteiger partial charge in [-0.3, -0.25) is 19.2 Å². The number of rotatable bonds is 30. The summed E-state index contributed by atoms with van der Waals surface area (Å²) < 4.78 is 45.2. The Bertz CT molecular complexity index is 5350. The molecule has 0 spiro atoms. The molecule has 0 aliphatic rings. The summed E-state index contributed by atoms with van der Waals surface area (Å²) in [6.45, 7) is 37.6. The normalized spacial score (nSPS) is 9.48. The van der Waals surface area contributed by atoms with Crippen LogP contribution in [0.15, 0.2) is 177 Å². The van der Waals surface area contributed by atoms with Gasteiger partial charge in [0.15, 0.2) is 34.5 Å². The van der Waals surface area contributed by atoms with Crippen molar-refractivity contribution in [3.8, 4) is 34.5 Å². The van der Waals surface area contributed by atoms with Crippen molar-refractivity contribution in [3.63, 3.8) is 0 Å². The minimum absolute atomic E-state index is 0. The number of para-hydroxylation sites is 5. The Kier molecular flexibility index (Phi) is 78.3. The minimum atomic E-state index is -0.975. The van der Waals surface area contributed by atoms with Gasteiger partial charge in [-0.15, -0.1) is 0 Å². The molecule has 11 rings (SSSR count). The van der Waals surface area contributed by atoms with Crippen molar-refractivity contribution < 1.29 is 175 Å². The monoisotopic (exact) mass is 2630 g/mol. The van der Waals surface area contributed by atoms with E-state index in [1.807, 2.05) is 184 Å². The first-order chi connectivity index (χ1) is 65.4. The number of anilines is 8. The number of aromatic nitrogens is 6. The fourth-order valence-corrected chi connectivity index (χ4v) is 10.4. The number of aromatic hydroxyl groups is 1. The fraction of sp³-hybridized carbons (Fsp3) is 0.357. The van der Waals surface area contributed by atoms with Gasteiger partial charge in [0, 0.05) is 102 Å². The molecule has 3 heterocycles. The van der Waals surface area contributed by atoms with Crippen molar-refractivity contribution in [3.05, 3.63) is 227 Å². The predicted octanol–water partition coefficient (Wildman–Crippen LogP) is 19.8. The van der Waals surface area contributed by atoms with Crippen LogP contribution in [0.2, 0.25) is 0 Å². The first-order valence-electron chi connectivity index (χ1n) is 43.3. The number of ether oxygens (including phenoxy) is 9. The fourth-order valence-electron chi connectivity index (χ4n) is 10.4. The number of nitrogen functional groups attached to an aromatic ring is 2. The Morgan fingerprint density at radius 3 is 0.894 bits per heavy atom. The summed E-state index contributed by atoms with van der Waals surface area (Å²) in [5.41, 5.74) is 51.4. The summed E-state index contributed by atoms with van der Waals surface area (Å²) in [5, 5.41) is 31.8. The number of methoxy groups -OCH3 is 4. The van der Waals surface area contributed by atoms with Gasteiger partial charge in [0.1, 0.15) is 53.2 Å². The molecule has 18 N–H and O–H groups in total. The van der Waals surface area contributed by atoms with Crippen molar-refractivity contribution in [1.29, 1.82) is 0 Å². The molecule has 8 amide bonds. The van der Waals surface area contributed by atoms with Crippen LogP contribution in [0.5, 0.6) is 34.5 Å². The van der Waals surface area contributed by atoms with Crippen LogP contribution in [0.4, 0.5) is 60.3 Å². The molecule has 3 aromatic heterocycles. The van der Waals surface area contributed by atoms with Gasteiger partial charge in [0.2, 0.25) is 18.3 Å². The van der Waals surface area contributed by atoms with Gasteiger partial charge in [0.05, 0.1) is 70.5 Å². The number of nitrogens with two attached hydrogens (primary N) is 3. The van der Waals surface area contributed by atoms with Crippen LogP contribution in [-0.2, 0) is 165 Å². The number of phenolic OH excluding ortho intramolecular Hbond substituents is 1. The first-order valence-corrected chi connectivity index (χ1v) is 43.3. The zero-order valence-electron chi connectivity index (χ0n) is 84.0. The maximum atomic E-state index is 11.3. The van der Waals surface area contributed by atoms with E-state index in [2.05, 4.69) is 86.1 Å². The number of hydrogen-bond donors (Lipinski definition) is 11. The van der Waals surface area contributed by atoms with Crippen molar-refractivity contribution in [2.24, 2.45) is 5.73 Å². The summed E-state index contributed by atoms with van der Waals surface area (Å²) in [5.74, 6) is 2.76. The smallest absolute Gasteiger partial charge is 0.668 e. The van der Waals surface area contributed by atoms with Crippen LogP contribution in [-0.4, -0.2) is 149 Å². The largest absolute Gasteiger partial charge is 2.00 e. The van der Waals surface area contributed by atoms with Crippen LogP contribution in [0, 0.1) is 0 Å². The molecule has 39 nitrogen and oxygen atoms in total. The van der Waals surface area contributed by atoms with Gasteiger partial charge in [0.25, 0.3) is 0 Å². The van der Waals surface area contributed by atoms with Gasteiger partial charge in [-0.2, -0.15) is 25.6 Å². The van der Waals surface area contributed by atoms with E-state index in [-0.39, 0.29) is 122 Å². The van der Waals surface area contributed by atoms with Crippen LogP contribution >= 0.6 is 0 Å². The minimum Gasteiger partial charge on any atom is -0.668 e. The number of benzene rings is 8. The molecule has 0 atom stereocenters. The van der Waals surface area contributed by atoms with E-state index in [0.717, 1.165) is 50.6 Å². The van der Waals surface area contributed by atoms with Crippen LogP contribution < -0.4 is 78.1 Å². The zero-order chi connectivity index (χ0) is 104. The van der Waals surface area contributed by atoms with Gasteiger partial charge in [-0.05, 0) is 139 Å². The molecular weight excluding hydrogens is 2500 g/mol. The van der Waals surface area contributed by atoms with E-state index in [4.69, 9.17) is 63.8 Å². The molecular formula is C98H134N20O19W4. The average Bonchev–Trinajstić information content (AvgIpc) is 0.785. The number of hydrogen-bond acceptors (Lipinski definition) is 31. The summed E-state index contributed by atoms with van der Waals surface area (Å²) in [6.07, 6.45) is 8.06. The second-order valence-electron chi connectivity index (χ2n) is 28.7. The number of carbonyl (C=O) groups excluding carboxylic acids is 9. The maximum Gasteiger partial charge on any atom is 2.00 e. The van der Waals surface area contributed by atoms with E-state index in [9.17, 15) is 48.3 Å². The third-order valence-electron chi connectivity index (χ3n) is 15.9. The second kappa shape index (κ2) is 79.7. The number of nitrogens with one attached hydrogen (secondary N) is 11. The van der Waals surface area contributed by atoms with Gasteiger partial charge in [-0.25, -0.2) is 29.9 Å². The summed E-state index contributed by atoms with van der Waals surface area (Å²) >= 11 is 0. The van der Waals surface area contributed by atoms with Crippen LogP contribution in [0.3, 0.4) is 0 Å². The van der Waals surface area contributed by atoms with Crippen molar-refractivity contribution in [2.75, 3.05) is 69.1 Å². The number of esters is 1. The molecule has 0 bridgehead atoms. The van der Waals surface area contributed by atoms with E-state index < -0.39 is 41.0 Å². The number of carbonyl (C=O) groups is 5. The van der Waals surface area contributed by atoms with Gasteiger partial charge < -0.3 is 149 Å². The molecule has 141 heavy (non-hydrogen) atoms. The molecule has 43 heteroatoms. The molecule has 764 valence electrons. The molecule has 8 aromatic carbocycles. The third kappa shape index (κ3) is 57.9. The maximum absolute atomic E-state index is 11.3. The molecule has 0 unspecified atom stereocenters. The Balaban J connectivity index is -0.000000383. The SMILES string of the molecule is CC.CC.CC.CC.CC.CC(C)(C)OC([NH-])=O.CC(C)(C)OC([NH-])=O.CC(C)(C)OC([NH-])=O.COC(=O)CCOc1cc2c(Nc3ccccc3CN[C-]=O)ncnc2cc1OC.COc1cc2ncnc(Nc3ccccc3CN[C-]=O)c2cc1O.COc1cc2ncnc(Nc3ccccc3CN[C-]=O)c2cc1OCCC([NH-])=O.NCc1ccccc1N.Nc1ccccc1CN[C-]=O.[W+2].[W+2].[W+2].[W+2]. The van der Waals surface area contributed by atoms with E-state index in [1.54, 1.807) is 130 Å². The van der Waals surface area contributed by atoms with Gasteiger partial charge >= 0.3 is 90.2 Å². The average molecular weight is 2630 g/mol.